The van der Waals surface area contributed by atoms with Crippen molar-refractivity contribution in [3.63, 3.8) is 0 Å². The molecule has 0 heterocycles. The first-order chi connectivity index (χ1) is 9.26. The molecular formula is C13H27NO6. The van der Waals surface area contributed by atoms with E-state index in [1.54, 1.807) is 20.8 Å². The number of unbranched alkanes of at least 4 members (excludes halogenated alkanes) is 3. The summed E-state index contributed by atoms with van der Waals surface area (Å²) in [5.74, 6) is 0. The van der Waals surface area contributed by atoms with E-state index in [9.17, 15) is 9.70 Å². The molecule has 7 nitrogen and oxygen atoms in total. The van der Waals surface area contributed by atoms with Crippen LogP contribution in [0.3, 0.4) is 0 Å². The van der Waals surface area contributed by atoms with Gasteiger partial charge in [0.05, 0.1) is 0 Å². The number of carbonyl (C=O) groups excluding carboxylic acids is 1. The summed E-state index contributed by atoms with van der Waals surface area (Å²) in [5.41, 5.74) is -0.611. The molecule has 0 aliphatic carbocycles. The van der Waals surface area contributed by atoms with Crippen LogP contribution >= 0.6 is 0 Å². The van der Waals surface area contributed by atoms with E-state index in [-0.39, 0.29) is 6.10 Å². The van der Waals surface area contributed by atoms with E-state index < -0.39 is 11.8 Å². The van der Waals surface area contributed by atoms with E-state index in [1.807, 2.05) is 6.92 Å². The summed E-state index contributed by atoms with van der Waals surface area (Å²) in [6.45, 7) is 9.05. The van der Waals surface area contributed by atoms with Crippen molar-refractivity contribution in [1.29, 1.82) is 0 Å². The van der Waals surface area contributed by atoms with Gasteiger partial charge in [0.1, 0.15) is 11.7 Å². The van der Waals surface area contributed by atoms with Crippen LogP contribution in [0.5, 0.6) is 0 Å². The summed E-state index contributed by atoms with van der Waals surface area (Å²) in [4.78, 5) is 27.5. The van der Waals surface area contributed by atoms with Gasteiger partial charge in [-0.1, -0.05) is 26.2 Å². The van der Waals surface area contributed by atoms with Gasteiger partial charge in [-0.2, -0.15) is 5.26 Å². The third kappa shape index (κ3) is 19.0. The van der Waals surface area contributed by atoms with Gasteiger partial charge in [0, 0.05) is 0 Å². The van der Waals surface area contributed by atoms with Gasteiger partial charge in [0.2, 0.25) is 0 Å². The minimum absolute atomic E-state index is 0.00986. The van der Waals surface area contributed by atoms with Gasteiger partial charge in [0.25, 0.3) is 0 Å². The average molecular weight is 293 g/mol. The fraction of sp³-hybridized carbons (Fsp3) is 0.923. The van der Waals surface area contributed by atoms with Gasteiger partial charge in [0.15, 0.2) is 5.34 Å². The second kappa shape index (κ2) is 12.7. The molecule has 0 amide bonds. The summed E-state index contributed by atoms with van der Waals surface area (Å²) in [7, 11) is 0. The Morgan fingerprint density at radius 1 is 1.25 bits per heavy atom. The zero-order valence-electron chi connectivity index (χ0n) is 13.0. The van der Waals surface area contributed by atoms with Crippen LogP contribution in [0.2, 0.25) is 0 Å². The van der Waals surface area contributed by atoms with Crippen molar-refractivity contribution in [2.45, 2.75) is 78.4 Å². The van der Waals surface area contributed by atoms with Crippen molar-refractivity contribution in [1.82, 2.24) is 0 Å². The van der Waals surface area contributed by atoms with Gasteiger partial charge in [-0.25, -0.2) is 4.79 Å². The van der Waals surface area contributed by atoms with E-state index in [2.05, 4.69) is 26.7 Å². The quantitative estimate of drug-likeness (QED) is 0.245. The Kier molecular flexibility index (Phi) is 13.2. The molecule has 20 heavy (non-hydrogen) atoms. The molecule has 0 bridgehead atoms. The highest BCUT2D eigenvalue weighted by atomic mass is 17.1. The van der Waals surface area contributed by atoms with Crippen molar-refractivity contribution >= 4 is 6.16 Å². The molecule has 0 spiro atoms. The van der Waals surface area contributed by atoms with E-state index in [0.29, 0.717) is 0 Å². The predicted molar refractivity (Wildman–Crippen MR) is 75.0 cm³/mol. The molecular weight excluding hydrogens is 266 g/mol. The molecule has 1 atom stereocenters. The van der Waals surface area contributed by atoms with Crippen molar-refractivity contribution in [2.24, 2.45) is 5.34 Å². The Labute approximate surface area is 120 Å². The minimum Gasteiger partial charge on any atom is -0.427 e. The second-order valence-corrected chi connectivity index (χ2v) is 5.40. The maximum absolute atomic E-state index is 10.1. The van der Waals surface area contributed by atoms with E-state index >= 15 is 0 Å². The zero-order valence-corrected chi connectivity index (χ0v) is 13.0. The first-order valence-electron chi connectivity index (χ1n) is 6.79. The molecule has 0 rings (SSSR count). The van der Waals surface area contributed by atoms with Crippen LogP contribution < -0.4 is 0 Å². The molecule has 1 N–H and O–H groups in total. The number of hydrogen-bond donors (Lipinski definition) is 1. The Balaban J connectivity index is 0. The lowest BCUT2D eigenvalue weighted by molar-refractivity contribution is -0.210. The van der Waals surface area contributed by atoms with Gasteiger partial charge in [-0.3, -0.25) is 4.89 Å². The summed E-state index contributed by atoms with van der Waals surface area (Å²) >= 11 is 0. The van der Waals surface area contributed by atoms with Crippen LogP contribution in [0.25, 0.3) is 0 Å². The van der Waals surface area contributed by atoms with Crippen LogP contribution in [0, 0.1) is 4.91 Å². The normalized spacial score (nSPS) is 11.7. The summed E-state index contributed by atoms with van der Waals surface area (Å²) in [6.07, 6.45) is 4.70. The number of nitrogens with zero attached hydrogens (tertiary/aromatic N) is 1. The van der Waals surface area contributed by atoms with E-state index in [0.717, 1.165) is 12.8 Å². The summed E-state index contributed by atoms with van der Waals surface area (Å²) in [6, 6.07) is 0. The lowest BCUT2D eigenvalue weighted by Crippen LogP contribution is -2.23. The van der Waals surface area contributed by atoms with Crippen LogP contribution in [-0.2, 0) is 14.5 Å². The molecule has 7 heteroatoms. The Morgan fingerprint density at radius 2 is 1.85 bits per heavy atom. The first-order valence-corrected chi connectivity index (χ1v) is 6.79. The minimum atomic E-state index is -1.08. The third-order valence-corrected chi connectivity index (χ3v) is 2.15. The van der Waals surface area contributed by atoms with Crippen molar-refractivity contribution in [3.8, 4) is 0 Å². The van der Waals surface area contributed by atoms with Crippen molar-refractivity contribution in [3.05, 3.63) is 4.91 Å². The highest BCUT2D eigenvalue weighted by Gasteiger charge is 2.16. The van der Waals surface area contributed by atoms with Crippen LogP contribution in [-0.4, -0.2) is 23.1 Å². The molecule has 0 saturated heterocycles. The maximum Gasteiger partial charge on any atom is 0.540 e. The molecule has 0 aromatic rings. The molecule has 0 saturated carbocycles. The molecule has 0 aromatic carbocycles. The van der Waals surface area contributed by atoms with Crippen LogP contribution in [0.4, 0.5) is 4.79 Å². The predicted octanol–water partition coefficient (Wildman–Crippen LogP) is 4.45. The monoisotopic (exact) mass is 293 g/mol. The molecule has 0 radical (unpaired) electrons. The Hall–Kier alpha value is -1.37. The zero-order chi connectivity index (χ0) is 16.0. The van der Waals surface area contributed by atoms with Crippen molar-refractivity contribution in [2.75, 3.05) is 0 Å². The van der Waals surface area contributed by atoms with E-state index in [1.165, 1.54) is 19.3 Å². The standard InChI is InChI=1S/C8H17NO2.C5H10O4/c1-3-4-5-6-7-8(2)11-9-10;1-5(2,3)8-4(6)9-7/h8H,3-7H2,1-2H3;7H,1-3H3. The second-order valence-electron chi connectivity index (χ2n) is 5.40. The number of ether oxygens (including phenoxy) is 1. The fourth-order valence-electron chi connectivity index (χ4n) is 1.25. The SMILES string of the molecule is CC(C)(C)OC(=O)OO.CCCCCCC(C)ON=O. The average Bonchev–Trinajstić information content (AvgIpc) is 2.34. The maximum atomic E-state index is 10.1. The molecule has 120 valence electrons. The lowest BCUT2D eigenvalue weighted by Gasteiger charge is -2.16. The number of hydrogen-bond acceptors (Lipinski definition) is 7. The molecule has 0 aromatic heterocycles. The summed E-state index contributed by atoms with van der Waals surface area (Å²) in [5, 5.41) is 10.1. The number of rotatable bonds is 7. The third-order valence-electron chi connectivity index (χ3n) is 2.15. The first kappa shape index (κ1) is 20.9. The van der Waals surface area contributed by atoms with Crippen LogP contribution in [0.15, 0.2) is 5.34 Å². The smallest absolute Gasteiger partial charge is 0.427 e. The van der Waals surface area contributed by atoms with E-state index in [4.69, 9.17) is 5.26 Å². The highest BCUT2D eigenvalue weighted by molar-refractivity contribution is 5.59. The van der Waals surface area contributed by atoms with Gasteiger partial charge >= 0.3 is 6.16 Å². The highest BCUT2D eigenvalue weighted by Crippen LogP contribution is 2.08. The van der Waals surface area contributed by atoms with Gasteiger partial charge in [-0.15, -0.1) is 4.91 Å². The Morgan fingerprint density at radius 3 is 2.20 bits per heavy atom. The van der Waals surface area contributed by atoms with Gasteiger partial charge < -0.3 is 9.57 Å². The molecule has 1 unspecified atom stereocenters. The number of carbonyl (C=O) groups is 1. The molecule has 0 aliphatic heterocycles. The topological polar surface area (TPSA) is 94.4 Å². The van der Waals surface area contributed by atoms with Crippen molar-refractivity contribution < 1.29 is 24.5 Å². The molecule has 0 aliphatic rings. The lowest BCUT2D eigenvalue weighted by atomic mass is 10.1. The summed E-state index contributed by atoms with van der Waals surface area (Å²) < 4.78 is 4.48. The molecule has 0 fully saturated rings. The Bertz CT molecular complexity index is 252. The largest absolute Gasteiger partial charge is 0.540 e. The van der Waals surface area contributed by atoms with Crippen LogP contribution in [0.1, 0.15) is 66.7 Å². The fourth-order valence-corrected chi connectivity index (χ4v) is 1.25. The van der Waals surface area contributed by atoms with Gasteiger partial charge in [-0.05, 0) is 40.5 Å².